The minimum atomic E-state index is -0.142. The van der Waals surface area contributed by atoms with Crippen molar-refractivity contribution in [1.82, 2.24) is 0 Å². The van der Waals surface area contributed by atoms with Gasteiger partial charge in [0.05, 0.1) is 0 Å². The lowest BCUT2D eigenvalue weighted by atomic mass is 9.75. The van der Waals surface area contributed by atoms with Crippen LogP contribution in [0.3, 0.4) is 0 Å². The van der Waals surface area contributed by atoms with Crippen LogP contribution in [0.5, 0.6) is 0 Å². The van der Waals surface area contributed by atoms with Crippen LogP contribution < -0.4 is 0 Å². The minimum absolute atomic E-state index is 0.142. The Morgan fingerprint density at radius 3 is 1.56 bits per heavy atom. The fraction of sp³-hybridized carbons (Fsp3) is 0.0732. The average Bonchev–Trinajstić information content (AvgIpc) is 3.46. The van der Waals surface area contributed by atoms with Crippen molar-refractivity contribution < 1.29 is 0 Å². The van der Waals surface area contributed by atoms with Crippen molar-refractivity contribution in [3.05, 3.63) is 145 Å². The summed E-state index contributed by atoms with van der Waals surface area (Å²) < 4.78 is 0. The normalized spacial score (nSPS) is 13.8. The molecule has 0 aliphatic heterocycles. The van der Waals surface area contributed by atoms with Gasteiger partial charge < -0.3 is 0 Å². The highest BCUT2D eigenvalue weighted by Gasteiger charge is 2.41. The van der Waals surface area contributed by atoms with Crippen LogP contribution in [0.2, 0.25) is 0 Å². The third-order valence-electron chi connectivity index (χ3n) is 9.55. The molecule has 41 heavy (non-hydrogen) atoms. The molecule has 0 aromatic heterocycles. The predicted molar refractivity (Wildman–Crippen MR) is 174 cm³/mol. The summed E-state index contributed by atoms with van der Waals surface area (Å²) >= 11 is 0. The Morgan fingerprint density at radius 1 is 0.415 bits per heavy atom. The molecular formula is C41H28. The van der Waals surface area contributed by atoms with Crippen molar-refractivity contribution in [2.24, 2.45) is 0 Å². The van der Waals surface area contributed by atoms with Crippen molar-refractivity contribution in [3.63, 3.8) is 0 Å². The van der Waals surface area contributed by atoms with E-state index in [1.54, 1.807) is 0 Å². The summed E-state index contributed by atoms with van der Waals surface area (Å²) in [4.78, 5) is 0. The van der Waals surface area contributed by atoms with E-state index in [2.05, 4.69) is 147 Å². The summed E-state index contributed by atoms with van der Waals surface area (Å²) in [6, 6.07) is 49.7. The number of hydrogen-bond acceptors (Lipinski definition) is 0. The highest BCUT2D eigenvalue weighted by atomic mass is 14.4. The van der Waals surface area contributed by atoms with Crippen molar-refractivity contribution in [2.45, 2.75) is 19.3 Å². The summed E-state index contributed by atoms with van der Waals surface area (Å²) in [5.74, 6) is 0. The van der Waals surface area contributed by atoms with Crippen LogP contribution in [-0.4, -0.2) is 0 Å². The quantitative estimate of drug-likeness (QED) is 0.213. The van der Waals surface area contributed by atoms with E-state index in [-0.39, 0.29) is 5.41 Å². The number of rotatable bonds is 2. The molecule has 0 unspecified atom stereocenters. The van der Waals surface area contributed by atoms with Gasteiger partial charge >= 0.3 is 0 Å². The molecule has 0 N–H and O–H groups in total. The molecule has 0 bridgehead atoms. The summed E-state index contributed by atoms with van der Waals surface area (Å²) in [7, 11) is 0. The first-order valence-electron chi connectivity index (χ1n) is 14.5. The Hall–Kier alpha value is -4.94. The number of fused-ring (bicyclic) bond motifs is 7. The highest BCUT2D eigenvalue weighted by Crippen LogP contribution is 2.59. The maximum Gasteiger partial charge on any atom is 0.0165 e. The van der Waals surface area contributed by atoms with Crippen LogP contribution in [0.25, 0.3) is 77.2 Å². The van der Waals surface area contributed by atoms with E-state index >= 15 is 0 Å². The third kappa shape index (κ3) is 2.95. The lowest BCUT2D eigenvalue weighted by Crippen LogP contribution is -2.16. The Morgan fingerprint density at radius 2 is 0.927 bits per heavy atom. The molecule has 7 aromatic carbocycles. The predicted octanol–water partition coefficient (Wildman–Crippen LogP) is 11.3. The smallest absolute Gasteiger partial charge is 0.0165 e. The van der Waals surface area contributed by atoms with Crippen LogP contribution in [0, 0.1) is 0 Å². The second-order valence-corrected chi connectivity index (χ2v) is 12.1. The second kappa shape index (κ2) is 8.05. The van der Waals surface area contributed by atoms with Gasteiger partial charge in [0.25, 0.3) is 0 Å². The zero-order chi connectivity index (χ0) is 27.3. The third-order valence-corrected chi connectivity index (χ3v) is 9.55. The summed E-state index contributed by atoms with van der Waals surface area (Å²) in [5, 5.41) is 5.34. The molecule has 0 saturated carbocycles. The van der Waals surface area contributed by atoms with Gasteiger partial charge in [-0.1, -0.05) is 135 Å². The maximum absolute atomic E-state index is 2.51. The van der Waals surface area contributed by atoms with Crippen molar-refractivity contribution in [1.29, 1.82) is 0 Å². The van der Waals surface area contributed by atoms with Crippen molar-refractivity contribution in [2.75, 3.05) is 0 Å². The van der Waals surface area contributed by atoms with Crippen LogP contribution in [-0.2, 0) is 5.41 Å². The maximum atomic E-state index is 2.51. The van der Waals surface area contributed by atoms with Gasteiger partial charge in [-0.25, -0.2) is 0 Å². The molecule has 0 amide bonds. The molecule has 0 nitrogen and oxygen atoms in total. The van der Waals surface area contributed by atoms with E-state index in [0.717, 1.165) is 0 Å². The van der Waals surface area contributed by atoms with E-state index in [4.69, 9.17) is 0 Å². The Labute approximate surface area is 240 Å². The number of hydrogen-bond donors (Lipinski definition) is 0. The largest absolute Gasteiger partial charge is 0.0622 e. The monoisotopic (exact) mass is 520 g/mol. The van der Waals surface area contributed by atoms with Gasteiger partial charge in [0.15, 0.2) is 0 Å². The van der Waals surface area contributed by atoms with Crippen LogP contribution >= 0.6 is 0 Å². The first kappa shape index (κ1) is 22.8. The Bertz CT molecular complexity index is 2190. The zero-order valence-corrected chi connectivity index (χ0v) is 23.2. The van der Waals surface area contributed by atoms with Crippen molar-refractivity contribution >= 4 is 21.5 Å². The standard InChI is InChI=1S/C41H28/c1-41(2)35-22-10-9-19-30(35)39-37(26-13-5-3-6-14-26)33-23-31-28-20-11-17-25-18-12-21-29(36(25)28)32(31)24-34(33)38(40(39)41)27-15-7-4-8-16-27/h3-24H,1-2H3. The van der Waals surface area contributed by atoms with Gasteiger partial charge in [0, 0.05) is 5.41 Å². The molecule has 7 aromatic rings. The van der Waals surface area contributed by atoms with E-state index in [1.807, 2.05) is 0 Å². The number of benzene rings is 7. The van der Waals surface area contributed by atoms with E-state index in [0.29, 0.717) is 0 Å². The second-order valence-electron chi connectivity index (χ2n) is 12.1. The molecular weight excluding hydrogens is 492 g/mol. The lowest BCUT2D eigenvalue weighted by molar-refractivity contribution is 0.663. The van der Waals surface area contributed by atoms with Gasteiger partial charge in [-0.3, -0.25) is 0 Å². The SMILES string of the molecule is CC1(C)c2ccccc2-c2c1c(-c1ccccc1)c1cc3c(cc1c2-c1ccccc1)-c1cccc2cccc-3c12. The van der Waals surface area contributed by atoms with Crippen molar-refractivity contribution in [3.8, 4) is 55.6 Å². The Kier molecular flexibility index (Phi) is 4.49. The van der Waals surface area contributed by atoms with Crippen LogP contribution in [0.15, 0.2) is 133 Å². The summed E-state index contributed by atoms with van der Waals surface area (Å²) in [6.07, 6.45) is 0. The molecule has 0 heteroatoms. The van der Waals surface area contributed by atoms with Crippen LogP contribution in [0.1, 0.15) is 25.0 Å². The molecule has 0 fully saturated rings. The van der Waals surface area contributed by atoms with Gasteiger partial charge in [-0.15, -0.1) is 0 Å². The van der Waals surface area contributed by atoms with Gasteiger partial charge in [0.1, 0.15) is 0 Å². The molecule has 2 aliphatic carbocycles. The molecule has 0 atom stereocenters. The van der Waals surface area contributed by atoms with E-state index in [1.165, 1.54) is 88.3 Å². The molecule has 0 saturated heterocycles. The minimum Gasteiger partial charge on any atom is -0.0622 e. The zero-order valence-electron chi connectivity index (χ0n) is 23.2. The van der Waals surface area contributed by atoms with Crippen LogP contribution in [0.4, 0.5) is 0 Å². The molecule has 0 spiro atoms. The van der Waals surface area contributed by atoms with E-state index in [9.17, 15) is 0 Å². The first-order valence-corrected chi connectivity index (χ1v) is 14.5. The van der Waals surface area contributed by atoms with Gasteiger partial charge in [-0.2, -0.15) is 0 Å². The Balaban J connectivity index is 1.54. The summed E-state index contributed by atoms with van der Waals surface area (Å²) in [6.45, 7) is 4.82. The van der Waals surface area contributed by atoms with Gasteiger partial charge in [0.2, 0.25) is 0 Å². The van der Waals surface area contributed by atoms with Gasteiger partial charge in [-0.05, 0) is 100 Å². The fourth-order valence-corrected chi connectivity index (χ4v) is 7.85. The topological polar surface area (TPSA) is 0 Å². The first-order chi connectivity index (χ1) is 20.1. The molecule has 0 heterocycles. The lowest BCUT2D eigenvalue weighted by Gasteiger charge is -2.28. The fourth-order valence-electron chi connectivity index (χ4n) is 7.85. The summed E-state index contributed by atoms with van der Waals surface area (Å²) in [5.41, 5.74) is 16.1. The highest BCUT2D eigenvalue weighted by molar-refractivity contribution is 6.22. The average molecular weight is 521 g/mol. The molecule has 9 rings (SSSR count). The molecule has 2 aliphatic rings. The molecule has 0 radical (unpaired) electrons. The molecule has 192 valence electrons. The van der Waals surface area contributed by atoms with E-state index < -0.39 is 0 Å².